The largest absolute Gasteiger partial charge is 0.482 e. The van der Waals surface area contributed by atoms with Crippen LogP contribution in [0.4, 0.5) is 0 Å². The number of rotatable bonds is 3. The predicted molar refractivity (Wildman–Crippen MR) is 113 cm³/mol. The van der Waals surface area contributed by atoms with Crippen LogP contribution in [0.2, 0.25) is 0 Å². The molecule has 31 heavy (non-hydrogen) atoms. The van der Waals surface area contributed by atoms with Crippen molar-refractivity contribution in [1.29, 1.82) is 0 Å². The number of alkyl halides is 1. The summed E-state index contributed by atoms with van der Waals surface area (Å²) in [6, 6.07) is 4.97. The number of Topliss-reactive ketones (excluding diaryl/α,β-unsaturated/α-hetero) is 1. The van der Waals surface area contributed by atoms with E-state index in [0.29, 0.717) is 18.4 Å². The van der Waals surface area contributed by atoms with Crippen molar-refractivity contribution < 1.29 is 23.5 Å². The molecule has 0 N–H and O–H groups in total. The molecule has 0 spiro atoms. The smallest absolute Gasteiger partial charge is 0.351 e. The Morgan fingerprint density at radius 2 is 2.06 bits per heavy atom. The van der Waals surface area contributed by atoms with Crippen LogP contribution < -0.4 is 10.4 Å². The van der Waals surface area contributed by atoms with Crippen LogP contribution in [0.15, 0.2) is 39.8 Å². The average molecular weight is 446 g/mol. The first-order chi connectivity index (χ1) is 14.5. The molecule has 2 aliphatic rings. The van der Waals surface area contributed by atoms with Crippen LogP contribution in [0, 0.1) is 11.8 Å². The van der Waals surface area contributed by atoms with Gasteiger partial charge in [0.15, 0.2) is 11.4 Å². The molecule has 1 fully saturated rings. The third kappa shape index (κ3) is 3.76. The number of hydrogen-bond acceptors (Lipinski definition) is 7. The van der Waals surface area contributed by atoms with Gasteiger partial charge in [-0.25, -0.2) is 4.79 Å². The van der Waals surface area contributed by atoms with E-state index in [2.05, 4.69) is 4.98 Å². The Morgan fingerprint density at radius 1 is 1.32 bits per heavy atom. The summed E-state index contributed by atoms with van der Waals surface area (Å²) < 4.78 is 17.3. The van der Waals surface area contributed by atoms with Gasteiger partial charge in [0, 0.05) is 35.8 Å². The van der Waals surface area contributed by atoms with E-state index in [4.69, 9.17) is 25.5 Å². The Hall–Kier alpha value is -2.67. The van der Waals surface area contributed by atoms with Gasteiger partial charge >= 0.3 is 11.6 Å². The van der Waals surface area contributed by atoms with Gasteiger partial charge in [-0.1, -0.05) is 0 Å². The monoisotopic (exact) mass is 445 g/mol. The van der Waals surface area contributed by atoms with Gasteiger partial charge in [-0.15, -0.1) is 11.6 Å². The quantitative estimate of drug-likeness (QED) is 0.520. The van der Waals surface area contributed by atoms with E-state index in [-0.39, 0.29) is 28.8 Å². The lowest BCUT2D eigenvalue weighted by Gasteiger charge is -2.51. The minimum absolute atomic E-state index is 0.118. The molecular weight excluding hydrogens is 422 g/mol. The highest BCUT2D eigenvalue weighted by Gasteiger charge is 2.59. The SMILES string of the molecule is CC(=O)O[C@H]1C[C@@H](C(C)(C)Cl)C[C@H]2C(=O)c3c(cc(-c4cccnc4)oc3=O)O[C@]12C. The van der Waals surface area contributed by atoms with Crippen molar-refractivity contribution >= 4 is 23.4 Å². The molecule has 1 aliphatic carbocycles. The molecule has 8 heteroatoms. The molecule has 4 atom stereocenters. The fraction of sp³-hybridized carbons (Fsp3) is 0.478. The molecule has 0 aromatic carbocycles. The highest BCUT2D eigenvalue weighted by Crippen LogP contribution is 2.50. The zero-order chi connectivity index (χ0) is 22.6. The number of esters is 1. The number of pyridine rings is 1. The summed E-state index contributed by atoms with van der Waals surface area (Å²) in [5, 5.41) is 0. The molecule has 2 aromatic heterocycles. The van der Waals surface area contributed by atoms with Gasteiger partial charge in [0.1, 0.15) is 23.2 Å². The molecule has 3 heterocycles. The van der Waals surface area contributed by atoms with E-state index in [1.165, 1.54) is 13.0 Å². The molecule has 2 aromatic rings. The number of hydrogen-bond donors (Lipinski definition) is 0. The summed E-state index contributed by atoms with van der Waals surface area (Å²) in [7, 11) is 0. The van der Waals surface area contributed by atoms with E-state index >= 15 is 0 Å². The van der Waals surface area contributed by atoms with Gasteiger partial charge in [-0.05, 0) is 51.7 Å². The molecule has 4 rings (SSSR count). The number of aromatic nitrogens is 1. The van der Waals surface area contributed by atoms with Gasteiger partial charge in [0.05, 0.1) is 5.92 Å². The van der Waals surface area contributed by atoms with Crippen molar-refractivity contribution in [2.75, 3.05) is 0 Å². The molecule has 1 saturated carbocycles. The van der Waals surface area contributed by atoms with Gasteiger partial charge in [-0.2, -0.15) is 0 Å². The standard InChI is InChI=1S/C23H24ClNO6/c1-12(26)29-18-9-14(22(2,3)24)8-15-20(27)19-17(31-23(15,18)4)10-16(30-21(19)28)13-6-5-7-25-11-13/h5-7,10-11,14-15,18H,8-9H2,1-4H3/t14-,15-,18-,23-/m0/s1. The predicted octanol–water partition coefficient (Wildman–Crippen LogP) is 4.01. The van der Waals surface area contributed by atoms with Gasteiger partial charge in [0.25, 0.3) is 0 Å². The maximum absolute atomic E-state index is 13.5. The van der Waals surface area contributed by atoms with Crippen LogP contribution in [-0.2, 0) is 9.53 Å². The number of ketones is 1. The third-order valence-electron chi connectivity index (χ3n) is 6.38. The maximum atomic E-state index is 13.5. The Bertz CT molecular complexity index is 1090. The third-order valence-corrected chi connectivity index (χ3v) is 6.69. The van der Waals surface area contributed by atoms with Crippen LogP contribution in [0.5, 0.6) is 5.75 Å². The summed E-state index contributed by atoms with van der Waals surface area (Å²) in [6.45, 7) is 6.80. The summed E-state index contributed by atoms with van der Waals surface area (Å²) in [5.74, 6) is -1.30. The number of carbonyl (C=O) groups is 2. The van der Waals surface area contributed by atoms with E-state index in [1.54, 1.807) is 31.5 Å². The minimum atomic E-state index is -1.13. The summed E-state index contributed by atoms with van der Waals surface area (Å²) in [5.41, 5.74) is -1.44. The van der Waals surface area contributed by atoms with Crippen LogP contribution in [0.3, 0.4) is 0 Å². The lowest BCUT2D eigenvalue weighted by atomic mass is 9.63. The van der Waals surface area contributed by atoms with Crippen LogP contribution >= 0.6 is 11.6 Å². The van der Waals surface area contributed by atoms with Crippen LogP contribution in [0.1, 0.15) is 50.9 Å². The molecule has 0 saturated heterocycles. The zero-order valence-electron chi connectivity index (χ0n) is 17.8. The number of ether oxygens (including phenoxy) is 2. The van der Waals surface area contributed by atoms with E-state index in [9.17, 15) is 14.4 Å². The molecule has 0 unspecified atom stereocenters. The fourth-order valence-corrected chi connectivity index (χ4v) is 4.78. The summed E-state index contributed by atoms with van der Waals surface area (Å²) in [6.07, 6.45) is 3.31. The summed E-state index contributed by atoms with van der Waals surface area (Å²) in [4.78, 5) is 41.5. The second-order valence-corrected chi connectivity index (χ2v) is 9.89. The van der Waals surface area contributed by atoms with Gasteiger partial charge in [-0.3, -0.25) is 14.6 Å². The Morgan fingerprint density at radius 3 is 2.68 bits per heavy atom. The van der Waals surface area contributed by atoms with E-state index in [1.807, 2.05) is 13.8 Å². The molecule has 0 radical (unpaired) electrons. The Balaban J connectivity index is 1.83. The Labute approximate surface area is 184 Å². The van der Waals surface area contributed by atoms with Crippen molar-refractivity contribution in [3.63, 3.8) is 0 Å². The van der Waals surface area contributed by atoms with Crippen molar-refractivity contribution in [3.8, 4) is 17.1 Å². The molecule has 7 nitrogen and oxygen atoms in total. The highest BCUT2D eigenvalue weighted by atomic mass is 35.5. The number of fused-ring (bicyclic) bond motifs is 2. The number of halogens is 1. The van der Waals surface area contributed by atoms with Crippen molar-refractivity contribution in [2.24, 2.45) is 11.8 Å². The first-order valence-corrected chi connectivity index (χ1v) is 10.6. The zero-order valence-corrected chi connectivity index (χ0v) is 18.6. The van der Waals surface area contributed by atoms with Gasteiger partial charge in [0.2, 0.25) is 0 Å². The number of nitrogens with zero attached hydrogens (tertiary/aromatic N) is 1. The molecule has 0 amide bonds. The average Bonchev–Trinajstić information content (AvgIpc) is 2.68. The van der Waals surface area contributed by atoms with Crippen molar-refractivity contribution in [3.05, 3.63) is 46.6 Å². The maximum Gasteiger partial charge on any atom is 0.351 e. The Kier molecular flexibility index (Phi) is 5.20. The van der Waals surface area contributed by atoms with Crippen molar-refractivity contribution in [1.82, 2.24) is 4.98 Å². The van der Waals surface area contributed by atoms with Crippen LogP contribution in [0.25, 0.3) is 11.3 Å². The lowest BCUT2D eigenvalue weighted by Crippen LogP contribution is -2.62. The highest BCUT2D eigenvalue weighted by molar-refractivity contribution is 6.23. The van der Waals surface area contributed by atoms with Crippen LogP contribution in [-0.4, -0.2) is 33.3 Å². The van der Waals surface area contributed by atoms with Crippen molar-refractivity contribution in [2.45, 2.75) is 57.1 Å². The van der Waals surface area contributed by atoms with E-state index in [0.717, 1.165) is 0 Å². The minimum Gasteiger partial charge on any atom is -0.482 e. The van der Waals surface area contributed by atoms with E-state index < -0.39 is 34.1 Å². The van der Waals surface area contributed by atoms with Gasteiger partial charge < -0.3 is 13.9 Å². The number of carbonyl (C=O) groups excluding carboxylic acids is 2. The first-order valence-electron chi connectivity index (χ1n) is 10.2. The second-order valence-electron chi connectivity index (χ2n) is 8.91. The second kappa shape index (κ2) is 7.48. The lowest BCUT2D eigenvalue weighted by molar-refractivity contribution is -0.173. The molecule has 1 aliphatic heterocycles. The molecular formula is C23H24ClNO6. The first kappa shape index (κ1) is 21.6. The molecule has 0 bridgehead atoms. The fourth-order valence-electron chi connectivity index (χ4n) is 4.60. The normalized spacial score (nSPS) is 27.6. The molecule has 164 valence electrons. The topological polar surface area (TPSA) is 95.7 Å². The summed E-state index contributed by atoms with van der Waals surface area (Å²) >= 11 is 6.58.